The summed E-state index contributed by atoms with van der Waals surface area (Å²) in [6.07, 6.45) is 3.66. The molecular formula is C21H26ClN5O2. The minimum absolute atomic E-state index is 0.0445. The molecule has 0 aliphatic carbocycles. The number of rotatable bonds is 5. The molecule has 2 aliphatic heterocycles. The smallest absolute Gasteiger partial charge is 0.318 e. The number of ether oxygens (including phenoxy) is 1. The number of hydrogen-bond donors (Lipinski definition) is 1. The molecule has 1 N–H and O–H groups in total. The molecule has 2 aromatic rings. The van der Waals surface area contributed by atoms with Crippen LogP contribution < -0.4 is 10.2 Å². The van der Waals surface area contributed by atoms with Crippen LogP contribution in [0.2, 0.25) is 5.02 Å². The van der Waals surface area contributed by atoms with Crippen LogP contribution in [0.4, 0.5) is 10.6 Å². The molecule has 7 nitrogen and oxygen atoms in total. The molecule has 29 heavy (non-hydrogen) atoms. The monoisotopic (exact) mass is 415 g/mol. The zero-order chi connectivity index (χ0) is 20.2. The zero-order valence-electron chi connectivity index (χ0n) is 16.6. The van der Waals surface area contributed by atoms with Gasteiger partial charge in [-0.1, -0.05) is 23.7 Å². The van der Waals surface area contributed by atoms with Gasteiger partial charge in [0.1, 0.15) is 0 Å². The lowest BCUT2D eigenvalue weighted by molar-refractivity contribution is -0.0622. The molecule has 0 spiro atoms. The molecule has 8 heteroatoms. The third-order valence-electron chi connectivity index (χ3n) is 5.59. The van der Waals surface area contributed by atoms with Gasteiger partial charge in [0.25, 0.3) is 0 Å². The third kappa shape index (κ3) is 4.62. The van der Waals surface area contributed by atoms with Crippen LogP contribution in [0.5, 0.6) is 0 Å². The van der Waals surface area contributed by atoms with Gasteiger partial charge >= 0.3 is 6.03 Å². The van der Waals surface area contributed by atoms with Crippen LogP contribution in [-0.4, -0.2) is 59.5 Å². The molecule has 3 heterocycles. The highest BCUT2D eigenvalue weighted by Gasteiger charge is 2.37. The fourth-order valence-corrected chi connectivity index (χ4v) is 4.07. The summed E-state index contributed by atoms with van der Waals surface area (Å²) in [6, 6.07) is 9.88. The average Bonchev–Trinajstić information content (AvgIpc) is 2.72. The second kappa shape index (κ2) is 8.97. The first-order chi connectivity index (χ1) is 14.1. The highest BCUT2D eigenvalue weighted by molar-refractivity contribution is 6.31. The van der Waals surface area contributed by atoms with Gasteiger partial charge in [-0.3, -0.25) is 0 Å². The molecule has 154 valence electrons. The number of anilines is 1. The second-order valence-corrected chi connectivity index (χ2v) is 8.07. The Kier molecular flexibility index (Phi) is 6.16. The number of nitrogens with zero attached hydrogens (tertiary/aromatic N) is 4. The first-order valence-corrected chi connectivity index (χ1v) is 10.4. The van der Waals surface area contributed by atoms with Crippen LogP contribution in [0.3, 0.4) is 0 Å². The van der Waals surface area contributed by atoms with Gasteiger partial charge in [0, 0.05) is 30.9 Å². The van der Waals surface area contributed by atoms with Crippen molar-refractivity contribution in [3.8, 4) is 0 Å². The van der Waals surface area contributed by atoms with E-state index in [9.17, 15) is 4.79 Å². The van der Waals surface area contributed by atoms with Crippen molar-refractivity contribution in [1.29, 1.82) is 0 Å². The summed E-state index contributed by atoms with van der Waals surface area (Å²) in [7, 11) is 0. The number of benzene rings is 1. The molecule has 1 aromatic heterocycles. The van der Waals surface area contributed by atoms with Crippen LogP contribution in [0.25, 0.3) is 0 Å². The van der Waals surface area contributed by atoms with E-state index >= 15 is 0 Å². The first-order valence-electron chi connectivity index (χ1n) is 10.0. The number of aromatic nitrogens is 2. The van der Waals surface area contributed by atoms with E-state index < -0.39 is 0 Å². The molecule has 2 fully saturated rings. The van der Waals surface area contributed by atoms with E-state index in [-0.39, 0.29) is 18.1 Å². The summed E-state index contributed by atoms with van der Waals surface area (Å²) in [6.45, 7) is 5.30. The van der Waals surface area contributed by atoms with E-state index in [2.05, 4.69) is 20.4 Å². The van der Waals surface area contributed by atoms with Gasteiger partial charge in [-0.15, -0.1) is 5.10 Å². The first kappa shape index (κ1) is 19.9. The Labute approximate surface area is 176 Å². The van der Waals surface area contributed by atoms with Crippen LogP contribution in [0.1, 0.15) is 24.0 Å². The Morgan fingerprint density at radius 3 is 2.90 bits per heavy atom. The maximum atomic E-state index is 13.1. The fourth-order valence-electron chi connectivity index (χ4n) is 3.95. The van der Waals surface area contributed by atoms with Crippen molar-refractivity contribution >= 4 is 23.4 Å². The Hall–Kier alpha value is -2.38. The van der Waals surface area contributed by atoms with Gasteiger partial charge in [-0.05, 0) is 49.1 Å². The standard InChI is InChI=1S/C21H26ClN5O2/c1-15-10-16(6-7-19(15)22)11-23-21(28)27(18-13-29-14-18)17-4-3-9-26(12-17)20-5-2-8-24-25-20/h2,5-8,10,17-18H,3-4,9,11-14H2,1H3,(H,23,28)/t17-/m1/s1. The zero-order valence-corrected chi connectivity index (χ0v) is 17.3. The van der Waals surface area contributed by atoms with Crippen molar-refractivity contribution in [2.45, 2.75) is 38.4 Å². The van der Waals surface area contributed by atoms with Crippen molar-refractivity contribution in [1.82, 2.24) is 20.4 Å². The molecule has 1 aromatic carbocycles. The minimum atomic E-state index is -0.0445. The van der Waals surface area contributed by atoms with Gasteiger partial charge in [-0.2, -0.15) is 5.10 Å². The van der Waals surface area contributed by atoms with E-state index in [1.807, 2.05) is 42.2 Å². The van der Waals surface area contributed by atoms with E-state index in [0.717, 1.165) is 47.9 Å². The molecule has 0 unspecified atom stereocenters. The van der Waals surface area contributed by atoms with E-state index in [0.29, 0.717) is 19.8 Å². The Morgan fingerprint density at radius 2 is 2.21 bits per heavy atom. The Morgan fingerprint density at radius 1 is 1.34 bits per heavy atom. The highest BCUT2D eigenvalue weighted by Crippen LogP contribution is 2.24. The lowest BCUT2D eigenvalue weighted by atomic mass is 10.0. The van der Waals surface area contributed by atoms with Crippen LogP contribution in [-0.2, 0) is 11.3 Å². The van der Waals surface area contributed by atoms with Gasteiger partial charge < -0.3 is 19.9 Å². The molecule has 1 atom stereocenters. The third-order valence-corrected chi connectivity index (χ3v) is 6.01. The molecule has 2 aliphatic rings. The number of carbonyl (C=O) groups excluding carboxylic acids is 1. The maximum Gasteiger partial charge on any atom is 0.318 e. The van der Waals surface area contributed by atoms with Crippen molar-refractivity contribution < 1.29 is 9.53 Å². The quantitative estimate of drug-likeness (QED) is 0.812. The summed E-state index contributed by atoms with van der Waals surface area (Å²) in [5, 5.41) is 12.0. The van der Waals surface area contributed by atoms with Gasteiger partial charge in [0.05, 0.1) is 25.3 Å². The molecule has 0 bridgehead atoms. The molecular weight excluding hydrogens is 390 g/mol. The summed E-state index contributed by atoms with van der Waals surface area (Å²) in [4.78, 5) is 17.3. The average molecular weight is 416 g/mol. The van der Waals surface area contributed by atoms with Crippen molar-refractivity contribution in [3.63, 3.8) is 0 Å². The van der Waals surface area contributed by atoms with E-state index in [1.165, 1.54) is 0 Å². The lowest BCUT2D eigenvalue weighted by Crippen LogP contribution is -2.62. The highest BCUT2D eigenvalue weighted by atomic mass is 35.5. The fraction of sp³-hybridized carbons (Fsp3) is 0.476. The number of hydrogen-bond acceptors (Lipinski definition) is 5. The number of amides is 2. The molecule has 2 amide bonds. The summed E-state index contributed by atoms with van der Waals surface area (Å²) < 4.78 is 5.39. The van der Waals surface area contributed by atoms with Crippen molar-refractivity contribution in [2.24, 2.45) is 0 Å². The second-order valence-electron chi connectivity index (χ2n) is 7.66. The minimum Gasteiger partial charge on any atom is -0.377 e. The topological polar surface area (TPSA) is 70.6 Å². The van der Waals surface area contributed by atoms with Crippen LogP contribution >= 0.6 is 11.6 Å². The van der Waals surface area contributed by atoms with Crippen LogP contribution in [0.15, 0.2) is 36.5 Å². The summed E-state index contributed by atoms with van der Waals surface area (Å²) in [5.74, 6) is 0.860. The van der Waals surface area contributed by atoms with Gasteiger partial charge in [-0.25, -0.2) is 4.79 Å². The van der Waals surface area contributed by atoms with E-state index in [1.54, 1.807) is 6.20 Å². The van der Waals surface area contributed by atoms with Crippen molar-refractivity contribution in [2.75, 3.05) is 31.2 Å². The largest absolute Gasteiger partial charge is 0.377 e. The van der Waals surface area contributed by atoms with E-state index in [4.69, 9.17) is 16.3 Å². The van der Waals surface area contributed by atoms with Gasteiger partial charge in [0.15, 0.2) is 5.82 Å². The molecule has 0 radical (unpaired) electrons. The Bertz CT molecular complexity index is 846. The predicted octanol–water partition coefficient (Wildman–Crippen LogP) is 3.02. The summed E-state index contributed by atoms with van der Waals surface area (Å²) >= 11 is 6.10. The summed E-state index contributed by atoms with van der Waals surface area (Å²) in [5.41, 5.74) is 2.05. The predicted molar refractivity (Wildman–Crippen MR) is 112 cm³/mol. The lowest BCUT2D eigenvalue weighted by Gasteiger charge is -2.45. The number of halogens is 1. The molecule has 4 rings (SSSR count). The van der Waals surface area contributed by atoms with Crippen molar-refractivity contribution in [3.05, 3.63) is 52.7 Å². The number of piperidine rings is 1. The normalized spacial score (nSPS) is 19.5. The number of carbonyl (C=O) groups is 1. The van der Waals surface area contributed by atoms with Gasteiger partial charge in [0.2, 0.25) is 0 Å². The number of aryl methyl sites for hydroxylation is 1. The molecule has 0 saturated carbocycles. The SMILES string of the molecule is Cc1cc(CNC(=O)N(C2COC2)[C@@H]2CCCN(c3cccnn3)C2)ccc1Cl. The number of nitrogens with one attached hydrogen (secondary N) is 1. The Balaban J connectivity index is 1.44. The van der Waals surface area contributed by atoms with Crippen LogP contribution in [0, 0.1) is 6.92 Å². The number of urea groups is 1. The maximum absolute atomic E-state index is 13.1. The molecule has 2 saturated heterocycles.